The van der Waals surface area contributed by atoms with Crippen LogP contribution in [0.15, 0.2) is 28.2 Å². The Hall–Kier alpha value is -1.96. The van der Waals surface area contributed by atoms with Crippen molar-refractivity contribution >= 4 is 21.4 Å². The Morgan fingerprint density at radius 3 is 2.57 bits per heavy atom. The van der Waals surface area contributed by atoms with Gasteiger partial charge in [-0.05, 0) is 32.3 Å². The zero-order chi connectivity index (χ0) is 16.2. The highest BCUT2D eigenvalue weighted by Gasteiger charge is 2.19. The van der Waals surface area contributed by atoms with Crippen LogP contribution in [0.5, 0.6) is 0 Å². The van der Waals surface area contributed by atoms with Gasteiger partial charge in [0.1, 0.15) is 0 Å². The van der Waals surface area contributed by atoms with Gasteiger partial charge < -0.3 is 0 Å². The van der Waals surface area contributed by atoms with E-state index in [1.54, 1.807) is 13.8 Å². The van der Waals surface area contributed by atoms with Crippen molar-refractivity contribution in [3.8, 4) is 0 Å². The predicted molar refractivity (Wildman–Crippen MR) is 80.7 cm³/mol. The van der Waals surface area contributed by atoms with Gasteiger partial charge in [0.2, 0.25) is 0 Å². The Kier molecular flexibility index (Phi) is 5.42. The molecule has 116 valence electrons. The van der Waals surface area contributed by atoms with E-state index in [-0.39, 0.29) is 10.6 Å². The molecule has 0 unspecified atom stereocenters. The minimum atomic E-state index is -3.91. The summed E-state index contributed by atoms with van der Waals surface area (Å²) < 4.78 is 24.1. The summed E-state index contributed by atoms with van der Waals surface area (Å²) in [6.07, 6.45) is 0.663. The molecule has 0 aliphatic rings. The van der Waals surface area contributed by atoms with E-state index in [0.717, 1.165) is 6.07 Å². The lowest BCUT2D eigenvalue weighted by Crippen LogP contribution is -2.20. The zero-order valence-corrected chi connectivity index (χ0v) is 13.3. The molecule has 0 spiro atoms. The minimum Gasteiger partial charge on any atom is -0.258 e. The zero-order valence-electron chi connectivity index (χ0n) is 12.5. The number of nitro benzene ring substituents is 1. The molecule has 1 rings (SSSR count). The molecule has 0 aliphatic heterocycles. The fraction of sp³-hybridized carbons (Fsp3) is 0.462. The predicted octanol–water partition coefficient (Wildman–Crippen LogP) is 2.60. The Labute approximate surface area is 124 Å². The maximum Gasteiger partial charge on any atom is 0.276 e. The molecule has 0 saturated heterocycles. The van der Waals surface area contributed by atoms with Gasteiger partial charge >= 0.3 is 0 Å². The summed E-state index contributed by atoms with van der Waals surface area (Å²) >= 11 is 0. The second-order valence-corrected chi connectivity index (χ2v) is 6.91. The SMILES string of the molecule is C/C(CC(C)C)=N/NS(=O)(=O)c1ccc(C)c([N+](=O)[O-])c1. The van der Waals surface area contributed by atoms with Crippen molar-refractivity contribution < 1.29 is 13.3 Å². The molecule has 0 atom stereocenters. The average Bonchev–Trinajstić information content (AvgIpc) is 2.35. The van der Waals surface area contributed by atoms with Gasteiger partial charge in [-0.3, -0.25) is 10.1 Å². The van der Waals surface area contributed by atoms with Crippen LogP contribution in [0.3, 0.4) is 0 Å². The van der Waals surface area contributed by atoms with Gasteiger partial charge in [-0.2, -0.15) is 13.5 Å². The molecule has 8 heteroatoms. The van der Waals surface area contributed by atoms with Gasteiger partial charge in [-0.15, -0.1) is 0 Å². The molecule has 0 aromatic heterocycles. The maximum atomic E-state index is 12.1. The molecule has 0 bridgehead atoms. The number of nitrogens with one attached hydrogen (secondary N) is 1. The van der Waals surface area contributed by atoms with Crippen molar-refractivity contribution in [3.63, 3.8) is 0 Å². The van der Waals surface area contributed by atoms with Crippen molar-refractivity contribution in [2.75, 3.05) is 0 Å². The highest BCUT2D eigenvalue weighted by atomic mass is 32.2. The molecule has 0 saturated carbocycles. The molecule has 0 fully saturated rings. The van der Waals surface area contributed by atoms with Crippen molar-refractivity contribution in [1.29, 1.82) is 0 Å². The summed E-state index contributed by atoms with van der Waals surface area (Å²) in [5.74, 6) is 0.360. The van der Waals surface area contributed by atoms with Gasteiger partial charge in [-0.25, -0.2) is 4.83 Å². The fourth-order valence-corrected chi connectivity index (χ4v) is 2.68. The molecule has 0 aliphatic carbocycles. The number of nitrogens with zero attached hydrogens (tertiary/aromatic N) is 2. The van der Waals surface area contributed by atoms with E-state index in [1.807, 2.05) is 13.8 Å². The highest BCUT2D eigenvalue weighted by molar-refractivity contribution is 7.89. The monoisotopic (exact) mass is 313 g/mol. The van der Waals surface area contributed by atoms with Crippen LogP contribution in [0.4, 0.5) is 5.69 Å². The summed E-state index contributed by atoms with van der Waals surface area (Å²) in [6, 6.07) is 3.75. The van der Waals surface area contributed by atoms with Crippen LogP contribution in [-0.2, 0) is 10.0 Å². The summed E-state index contributed by atoms with van der Waals surface area (Å²) in [5, 5.41) is 14.7. The lowest BCUT2D eigenvalue weighted by atomic mass is 10.1. The topological polar surface area (TPSA) is 102 Å². The number of hydrogen-bond donors (Lipinski definition) is 1. The Bertz CT molecular complexity index is 666. The van der Waals surface area contributed by atoms with E-state index in [9.17, 15) is 18.5 Å². The van der Waals surface area contributed by atoms with Crippen LogP contribution in [0, 0.1) is 23.0 Å². The van der Waals surface area contributed by atoms with Crippen LogP contribution in [0.2, 0.25) is 0 Å². The van der Waals surface area contributed by atoms with Crippen molar-refractivity contribution in [2.24, 2.45) is 11.0 Å². The normalized spacial score (nSPS) is 12.5. The second kappa shape index (κ2) is 6.66. The Morgan fingerprint density at radius 2 is 2.05 bits per heavy atom. The van der Waals surface area contributed by atoms with Crippen molar-refractivity contribution in [3.05, 3.63) is 33.9 Å². The van der Waals surface area contributed by atoms with E-state index in [1.165, 1.54) is 12.1 Å². The summed E-state index contributed by atoms with van der Waals surface area (Å²) in [7, 11) is -3.91. The van der Waals surface area contributed by atoms with Crippen molar-refractivity contribution in [1.82, 2.24) is 4.83 Å². The highest BCUT2D eigenvalue weighted by Crippen LogP contribution is 2.22. The third-order valence-electron chi connectivity index (χ3n) is 2.75. The van der Waals surface area contributed by atoms with E-state index >= 15 is 0 Å². The molecule has 1 aromatic carbocycles. The van der Waals surface area contributed by atoms with Crippen LogP contribution in [0.1, 0.15) is 32.8 Å². The molecule has 7 nitrogen and oxygen atoms in total. The first-order valence-corrected chi connectivity index (χ1v) is 7.92. The first-order chi connectivity index (χ1) is 9.63. The van der Waals surface area contributed by atoms with Crippen LogP contribution in [0.25, 0.3) is 0 Å². The summed E-state index contributed by atoms with van der Waals surface area (Å²) in [6.45, 7) is 7.26. The van der Waals surface area contributed by atoms with Crippen LogP contribution in [-0.4, -0.2) is 19.1 Å². The summed E-state index contributed by atoms with van der Waals surface area (Å²) in [4.78, 5) is 12.2. The molecular formula is C13H19N3O4S. The van der Waals surface area contributed by atoms with E-state index in [0.29, 0.717) is 23.6 Å². The number of benzene rings is 1. The van der Waals surface area contributed by atoms with Crippen LogP contribution >= 0.6 is 0 Å². The lowest BCUT2D eigenvalue weighted by Gasteiger charge is -2.07. The quantitative estimate of drug-likeness (QED) is 0.495. The molecular weight excluding hydrogens is 294 g/mol. The first kappa shape index (κ1) is 17.1. The van der Waals surface area contributed by atoms with Gasteiger partial charge in [0.05, 0.1) is 9.82 Å². The number of nitro groups is 1. The van der Waals surface area contributed by atoms with Gasteiger partial charge in [0, 0.05) is 17.3 Å². The van der Waals surface area contributed by atoms with Gasteiger partial charge in [-0.1, -0.05) is 19.9 Å². The molecule has 1 N–H and O–H groups in total. The standard InChI is InChI=1S/C13H19N3O4S/c1-9(2)7-11(4)14-15-21(19,20)12-6-5-10(3)13(8-12)16(17)18/h5-6,8-9,15H,7H2,1-4H3/b14-11-. The molecule has 0 amide bonds. The third kappa shape index (κ3) is 4.82. The Balaban J connectivity index is 3.04. The lowest BCUT2D eigenvalue weighted by molar-refractivity contribution is -0.385. The van der Waals surface area contributed by atoms with Gasteiger partial charge in [0.25, 0.3) is 15.7 Å². The number of aryl methyl sites for hydroxylation is 1. The first-order valence-electron chi connectivity index (χ1n) is 6.43. The molecule has 1 aromatic rings. The number of sulfonamides is 1. The Morgan fingerprint density at radius 1 is 1.43 bits per heavy atom. The number of hydrazone groups is 1. The van der Waals surface area contributed by atoms with E-state index in [4.69, 9.17) is 0 Å². The number of rotatable bonds is 6. The maximum absolute atomic E-state index is 12.1. The van der Waals surface area contributed by atoms with E-state index < -0.39 is 14.9 Å². The van der Waals surface area contributed by atoms with Crippen LogP contribution < -0.4 is 4.83 Å². The molecule has 21 heavy (non-hydrogen) atoms. The number of hydrogen-bond acceptors (Lipinski definition) is 5. The minimum absolute atomic E-state index is 0.180. The largest absolute Gasteiger partial charge is 0.276 e. The average molecular weight is 313 g/mol. The molecule has 0 radical (unpaired) electrons. The summed E-state index contributed by atoms with van der Waals surface area (Å²) in [5.41, 5.74) is 0.814. The second-order valence-electron chi connectivity index (χ2n) is 5.25. The van der Waals surface area contributed by atoms with E-state index in [2.05, 4.69) is 9.93 Å². The van der Waals surface area contributed by atoms with Crippen molar-refractivity contribution in [2.45, 2.75) is 39.0 Å². The third-order valence-corrected chi connectivity index (χ3v) is 3.95. The fourth-order valence-electron chi connectivity index (χ4n) is 1.78. The van der Waals surface area contributed by atoms with Gasteiger partial charge in [0.15, 0.2) is 0 Å². The molecule has 0 heterocycles. The smallest absolute Gasteiger partial charge is 0.258 e.